The number of ketones is 1. The number of aliphatic carboxylic acids is 1. The quantitative estimate of drug-likeness (QED) is 0.811. The number of rotatable bonds is 4. The van der Waals surface area contributed by atoms with Crippen molar-refractivity contribution in [2.75, 3.05) is 0 Å². The first-order valence-corrected chi connectivity index (χ1v) is 6.28. The number of carboxylic acid groups (broad SMARTS) is 1. The molecule has 0 saturated carbocycles. The summed E-state index contributed by atoms with van der Waals surface area (Å²) in [4.78, 5) is 22.1. The van der Waals surface area contributed by atoms with E-state index in [0.29, 0.717) is 9.35 Å². The predicted molar refractivity (Wildman–Crippen MR) is 64.3 cm³/mol. The van der Waals surface area contributed by atoms with Gasteiger partial charge in [0.15, 0.2) is 5.78 Å². The lowest BCUT2D eigenvalue weighted by Gasteiger charge is -2.03. The van der Waals surface area contributed by atoms with E-state index in [-0.39, 0.29) is 12.2 Å². The van der Waals surface area contributed by atoms with Crippen molar-refractivity contribution in [1.29, 1.82) is 0 Å². The Morgan fingerprint density at radius 2 is 2.13 bits per heavy atom. The molecule has 7 heteroatoms. The molecule has 0 unspecified atom stereocenters. The highest BCUT2D eigenvalue weighted by Gasteiger charge is 2.20. The smallest absolute Gasteiger partial charge is 0.320 e. The number of carboxylic acids is 1. The van der Waals surface area contributed by atoms with Gasteiger partial charge in [-0.3, -0.25) is 9.59 Å². The van der Waals surface area contributed by atoms with Crippen molar-refractivity contribution in [3.05, 3.63) is 19.2 Å². The molecule has 0 fully saturated rings. The molecule has 1 aromatic rings. The Balaban J connectivity index is 2.77. The first-order chi connectivity index (χ1) is 6.91. The Kier molecular flexibility index (Phi) is 4.45. The summed E-state index contributed by atoms with van der Waals surface area (Å²) in [7, 11) is 0. The molecular weight excluding hydrogens is 350 g/mol. The van der Waals surface area contributed by atoms with Crippen LogP contribution in [0.25, 0.3) is 0 Å². The highest BCUT2D eigenvalue weighted by atomic mass is 79.9. The van der Waals surface area contributed by atoms with Gasteiger partial charge in [-0.2, -0.15) is 0 Å². The highest BCUT2D eigenvalue weighted by molar-refractivity contribution is 9.12. The Bertz CT molecular complexity index is 405. The van der Waals surface area contributed by atoms with Gasteiger partial charge < -0.3 is 10.8 Å². The van der Waals surface area contributed by atoms with E-state index in [2.05, 4.69) is 31.9 Å². The normalized spacial score (nSPS) is 12.5. The first-order valence-electron chi connectivity index (χ1n) is 3.88. The maximum Gasteiger partial charge on any atom is 0.320 e. The number of Topliss-reactive ketones (excluding diaryl/α,β-unsaturated/α-hetero) is 1. The molecule has 0 aliphatic heterocycles. The molecule has 0 radical (unpaired) electrons. The van der Waals surface area contributed by atoms with E-state index in [4.69, 9.17) is 10.8 Å². The van der Waals surface area contributed by atoms with Crippen LogP contribution >= 0.6 is 43.2 Å². The largest absolute Gasteiger partial charge is 0.480 e. The van der Waals surface area contributed by atoms with Crippen molar-refractivity contribution < 1.29 is 14.7 Å². The summed E-state index contributed by atoms with van der Waals surface area (Å²) in [6.07, 6.45) is -0.197. The third-order valence-corrected chi connectivity index (χ3v) is 4.02. The fraction of sp³-hybridized carbons (Fsp3) is 0.250. The highest BCUT2D eigenvalue weighted by Crippen LogP contribution is 2.32. The molecule has 3 N–H and O–H groups in total. The molecule has 0 aliphatic rings. The minimum Gasteiger partial charge on any atom is -0.480 e. The maximum atomic E-state index is 11.6. The number of carbonyl (C=O) groups excluding carboxylic acids is 1. The minimum atomic E-state index is -1.17. The third-order valence-electron chi connectivity index (χ3n) is 1.68. The number of thiophene rings is 1. The number of halogens is 2. The van der Waals surface area contributed by atoms with Crippen LogP contribution in [0, 0.1) is 0 Å². The average molecular weight is 357 g/mol. The average Bonchev–Trinajstić information content (AvgIpc) is 2.44. The van der Waals surface area contributed by atoms with E-state index in [1.807, 2.05) is 0 Å². The molecule has 1 rings (SSSR count). The maximum absolute atomic E-state index is 11.6. The summed E-state index contributed by atoms with van der Waals surface area (Å²) >= 11 is 7.82. The van der Waals surface area contributed by atoms with Crippen LogP contribution in [-0.4, -0.2) is 22.9 Å². The number of nitrogens with two attached hydrogens (primary N) is 1. The fourth-order valence-electron chi connectivity index (χ4n) is 0.927. The molecular formula is C8H7Br2NO3S. The lowest BCUT2D eigenvalue weighted by Crippen LogP contribution is -2.32. The third kappa shape index (κ3) is 3.37. The van der Waals surface area contributed by atoms with Crippen LogP contribution in [0.15, 0.2) is 13.6 Å². The molecule has 0 aliphatic carbocycles. The van der Waals surface area contributed by atoms with E-state index >= 15 is 0 Å². The molecule has 1 heterocycles. The molecule has 0 bridgehead atoms. The SMILES string of the molecule is N[C@H](CC(=O)c1cc(Br)sc1Br)C(=O)O. The molecule has 4 nitrogen and oxygen atoms in total. The van der Waals surface area contributed by atoms with E-state index in [0.717, 1.165) is 3.79 Å². The van der Waals surface area contributed by atoms with Crippen molar-refractivity contribution in [2.24, 2.45) is 5.73 Å². The zero-order valence-corrected chi connectivity index (χ0v) is 11.4. The Labute approximate surface area is 107 Å². The zero-order valence-electron chi connectivity index (χ0n) is 7.37. The van der Waals surface area contributed by atoms with Crippen LogP contribution in [0.2, 0.25) is 0 Å². The summed E-state index contributed by atoms with van der Waals surface area (Å²) < 4.78 is 1.48. The molecule has 0 amide bonds. The Morgan fingerprint density at radius 3 is 2.53 bits per heavy atom. The number of hydrogen-bond acceptors (Lipinski definition) is 4. The summed E-state index contributed by atoms with van der Waals surface area (Å²) in [5.41, 5.74) is 5.73. The second kappa shape index (κ2) is 5.20. The fourth-order valence-corrected chi connectivity index (χ4v) is 3.78. The van der Waals surface area contributed by atoms with Crippen LogP contribution in [0.1, 0.15) is 16.8 Å². The minimum absolute atomic E-state index is 0.197. The van der Waals surface area contributed by atoms with Crippen molar-refractivity contribution in [3.63, 3.8) is 0 Å². The topological polar surface area (TPSA) is 80.4 Å². The van der Waals surface area contributed by atoms with E-state index < -0.39 is 12.0 Å². The van der Waals surface area contributed by atoms with Gasteiger partial charge >= 0.3 is 5.97 Å². The Morgan fingerprint density at radius 1 is 1.53 bits per heavy atom. The molecule has 1 atom stereocenters. The molecule has 15 heavy (non-hydrogen) atoms. The standard InChI is InChI=1S/C8H7Br2NO3S/c9-6-1-3(7(10)15-6)5(12)2-4(11)8(13)14/h1,4H,2,11H2,(H,13,14)/t4-/m1/s1. The molecule has 0 spiro atoms. The summed E-state index contributed by atoms with van der Waals surface area (Å²) in [6, 6.07) is 0.495. The predicted octanol–water partition coefficient (Wildman–Crippen LogP) is 2.26. The number of hydrogen-bond donors (Lipinski definition) is 2. The van der Waals surface area contributed by atoms with Gasteiger partial charge in [0.2, 0.25) is 0 Å². The monoisotopic (exact) mass is 355 g/mol. The van der Waals surface area contributed by atoms with Gasteiger partial charge in [-0.25, -0.2) is 0 Å². The van der Waals surface area contributed by atoms with Gasteiger partial charge in [0, 0.05) is 12.0 Å². The van der Waals surface area contributed by atoms with Gasteiger partial charge in [0.25, 0.3) is 0 Å². The van der Waals surface area contributed by atoms with Crippen LogP contribution in [0.5, 0.6) is 0 Å². The molecule has 1 aromatic heterocycles. The molecule has 82 valence electrons. The Hall–Kier alpha value is -0.240. The van der Waals surface area contributed by atoms with E-state index in [1.165, 1.54) is 11.3 Å². The van der Waals surface area contributed by atoms with Crippen LogP contribution in [0.3, 0.4) is 0 Å². The van der Waals surface area contributed by atoms with E-state index in [9.17, 15) is 9.59 Å². The van der Waals surface area contributed by atoms with Crippen molar-refractivity contribution in [3.8, 4) is 0 Å². The first kappa shape index (κ1) is 12.8. The summed E-state index contributed by atoms with van der Waals surface area (Å²) in [5.74, 6) is -1.45. The second-order valence-corrected chi connectivity index (χ2v) is 6.56. The van der Waals surface area contributed by atoms with Gasteiger partial charge in [-0.05, 0) is 37.9 Å². The van der Waals surface area contributed by atoms with Crippen molar-refractivity contribution in [1.82, 2.24) is 0 Å². The van der Waals surface area contributed by atoms with Crippen molar-refractivity contribution >= 4 is 54.9 Å². The number of carbonyl (C=O) groups is 2. The second-order valence-electron chi connectivity index (χ2n) is 2.81. The molecule has 0 saturated heterocycles. The lowest BCUT2D eigenvalue weighted by atomic mass is 10.1. The van der Waals surface area contributed by atoms with Crippen LogP contribution in [0.4, 0.5) is 0 Å². The molecule has 0 aromatic carbocycles. The van der Waals surface area contributed by atoms with Crippen LogP contribution in [-0.2, 0) is 4.79 Å². The summed E-state index contributed by atoms with van der Waals surface area (Å²) in [5, 5.41) is 8.56. The van der Waals surface area contributed by atoms with E-state index in [1.54, 1.807) is 6.07 Å². The van der Waals surface area contributed by atoms with Gasteiger partial charge in [-0.15, -0.1) is 11.3 Å². The van der Waals surface area contributed by atoms with Gasteiger partial charge in [0.05, 0.1) is 7.57 Å². The van der Waals surface area contributed by atoms with Gasteiger partial charge in [-0.1, -0.05) is 0 Å². The zero-order chi connectivity index (χ0) is 11.6. The summed E-state index contributed by atoms with van der Waals surface area (Å²) in [6.45, 7) is 0. The lowest BCUT2D eigenvalue weighted by molar-refractivity contribution is -0.138. The van der Waals surface area contributed by atoms with Crippen molar-refractivity contribution in [2.45, 2.75) is 12.5 Å². The van der Waals surface area contributed by atoms with Gasteiger partial charge in [0.1, 0.15) is 6.04 Å². The van der Waals surface area contributed by atoms with Crippen LogP contribution < -0.4 is 5.73 Å².